The SMILES string of the molecule is CC(O)(CNc1cccc(S(C)(=O)=O)c1[N+](=O)[O-])c1ccccc1Cl. The summed E-state index contributed by atoms with van der Waals surface area (Å²) in [5.41, 5.74) is -1.53. The molecule has 2 N–H and O–H groups in total. The standard InChI is InChI=1S/C16H17ClN2O5S/c1-16(20,11-6-3-4-7-12(11)17)10-18-13-8-5-9-14(25(2,23)24)15(13)19(21)22/h3-9,18,20H,10H2,1-2H3. The van der Waals surface area contributed by atoms with E-state index >= 15 is 0 Å². The summed E-state index contributed by atoms with van der Waals surface area (Å²) in [5, 5.41) is 25.1. The Hall–Kier alpha value is -2.16. The van der Waals surface area contributed by atoms with Crippen molar-refractivity contribution in [3.63, 3.8) is 0 Å². The van der Waals surface area contributed by atoms with Crippen LogP contribution in [0.4, 0.5) is 11.4 Å². The highest BCUT2D eigenvalue weighted by Gasteiger charge is 2.29. The summed E-state index contributed by atoms with van der Waals surface area (Å²) >= 11 is 6.08. The van der Waals surface area contributed by atoms with Gasteiger partial charge in [0.25, 0.3) is 0 Å². The van der Waals surface area contributed by atoms with E-state index in [2.05, 4.69) is 5.32 Å². The van der Waals surface area contributed by atoms with Crippen LogP contribution in [0.25, 0.3) is 0 Å². The number of anilines is 1. The predicted molar refractivity (Wildman–Crippen MR) is 95.7 cm³/mol. The Bertz CT molecular complexity index is 912. The quantitative estimate of drug-likeness (QED) is 0.585. The minimum absolute atomic E-state index is 0.000235. The summed E-state index contributed by atoms with van der Waals surface area (Å²) in [6.07, 6.45) is 0.902. The van der Waals surface area contributed by atoms with Crippen LogP contribution in [-0.2, 0) is 15.4 Å². The van der Waals surface area contributed by atoms with Gasteiger partial charge in [0.1, 0.15) is 16.2 Å². The van der Waals surface area contributed by atoms with Crippen LogP contribution in [0, 0.1) is 10.1 Å². The molecule has 0 bridgehead atoms. The van der Waals surface area contributed by atoms with Gasteiger partial charge in [0.2, 0.25) is 0 Å². The molecule has 0 aliphatic rings. The number of hydrogen-bond donors (Lipinski definition) is 2. The molecule has 0 fully saturated rings. The molecule has 0 saturated heterocycles. The molecule has 0 amide bonds. The third kappa shape index (κ3) is 4.28. The fourth-order valence-corrected chi connectivity index (χ4v) is 3.61. The third-order valence-electron chi connectivity index (χ3n) is 3.66. The number of benzene rings is 2. The second-order valence-electron chi connectivity index (χ2n) is 5.79. The van der Waals surface area contributed by atoms with Crippen LogP contribution in [0.1, 0.15) is 12.5 Å². The lowest BCUT2D eigenvalue weighted by atomic mass is 9.96. The van der Waals surface area contributed by atoms with Gasteiger partial charge in [-0.05, 0) is 25.1 Å². The second kappa shape index (κ2) is 6.99. The topological polar surface area (TPSA) is 110 Å². The van der Waals surface area contributed by atoms with Crippen LogP contribution in [0.2, 0.25) is 5.02 Å². The van der Waals surface area contributed by atoms with Crippen molar-refractivity contribution in [2.24, 2.45) is 0 Å². The highest BCUT2D eigenvalue weighted by atomic mass is 35.5. The van der Waals surface area contributed by atoms with Crippen molar-refractivity contribution in [2.75, 3.05) is 18.1 Å². The first-order chi connectivity index (χ1) is 11.5. The molecule has 0 aliphatic carbocycles. The Kier molecular flexibility index (Phi) is 5.36. The van der Waals surface area contributed by atoms with Crippen molar-refractivity contribution in [2.45, 2.75) is 17.4 Å². The highest BCUT2D eigenvalue weighted by Crippen LogP contribution is 2.34. The highest BCUT2D eigenvalue weighted by molar-refractivity contribution is 7.90. The van der Waals surface area contributed by atoms with E-state index in [0.29, 0.717) is 10.6 Å². The van der Waals surface area contributed by atoms with Crippen molar-refractivity contribution in [1.82, 2.24) is 0 Å². The molecule has 2 aromatic carbocycles. The lowest BCUT2D eigenvalue weighted by molar-refractivity contribution is -0.386. The Labute approximate surface area is 150 Å². The Morgan fingerprint density at radius 3 is 2.44 bits per heavy atom. The zero-order chi connectivity index (χ0) is 18.8. The zero-order valence-electron chi connectivity index (χ0n) is 13.6. The van der Waals surface area contributed by atoms with Gasteiger partial charge in [0, 0.05) is 23.4 Å². The van der Waals surface area contributed by atoms with Gasteiger partial charge in [-0.15, -0.1) is 0 Å². The van der Waals surface area contributed by atoms with Crippen LogP contribution >= 0.6 is 11.6 Å². The number of halogens is 1. The molecule has 0 aromatic heterocycles. The van der Waals surface area contributed by atoms with Gasteiger partial charge in [-0.3, -0.25) is 10.1 Å². The summed E-state index contributed by atoms with van der Waals surface area (Å²) in [5.74, 6) is 0. The molecule has 0 spiro atoms. The van der Waals surface area contributed by atoms with Crippen molar-refractivity contribution in [1.29, 1.82) is 0 Å². The van der Waals surface area contributed by atoms with Crippen molar-refractivity contribution in [3.05, 3.63) is 63.2 Å². The van der Waals surface area contributed by atoms with E-state index in [4.69, 9.17) is 11.6 Å². The molecule has 0 radical (unpaired) electrons. The van der Waals surface area contributed by atoms with Crippen molar-refractivity contribution >= 4 is 32.8 Å². The maximum Gasteiger partial charge on any atom is 0.310 e. The van der Waals surface area contributed by atoms with E-state index in [1.54, 1.807) is 24.3 Å². The summed E-state index contributed by atoms with van der Waals surface area (Å²) < 4.78 is 23.6. The number of sulfone groups is 1. The van der Waals surface area contributed by atoms with Crippen molar-refractivity contribution < 1.29 is 18.4 Å². The smallest absolute Gasteiger partial charge is 0.310 e. The molecular weight excluding hydrogens is 368 g/mol. The van der Waals surface area contributed by atoms with Gasteiger partial charge in [-0.1, -0.05) is 35.9 Å². The molecule has 25 heavy (non-hydrogen) atoms. The van der Waals surface area contributed by atoms with Gasteiger partial charge in [0.15, 0.2) is 9.84 Å². The minimum Gasteiger partial charge on any atom is -0.384 e. The first-order valence-electron chi connectivity index (χ1n) is 7.23. The molecule has 9 heteroatoms. The second-order valence-corrected chi connectivity index (χ2v) is 8.18. The first-order valence-corrected chi connectivity index (χ1v) is 9.49. The van der Waals surface area contributed by atoms with Gasteiger partial charge in [-0.25, -0.2) is 8.42 Å². The predicted octanol–water partition coefficient (Wildman–Crippen LogP) is 2.97. The number of para-hydroxylation sites is 1. The summed E-state index contributed by atoms with van der Waals surface area (Å²) in [7, 11) is -3.78. The number of aliphatic hydroxyl groups is 1. The van der Waals surface area contributed by atoms with Gasteiger partial charge in [0.05, 0.1) is 4.92 Å². The van der Waals surface area contributed by atoms with Crippen LogP contribution in [0.15, 0.2) is 47.4 Å². The first kappa shape index (κ1) is 19.2. The van der Waals surface area contributed by atoms with Crippen LogP contribution in [0.5, 0.6) is 0 Å². The van der Waals surface area contributed by atoms with Gasteiger partial charge < -0.3 is 10.4 Å². The normalized spacial score (nSPS) is 13.9. The van der Waals surface area contributed by atoms with E-state index in [0.717, 1.165) is 6.26 Å². The number of nitrogens with one attached hydrogen (secondary N) is 1. The van der Waals surface area contributed by atoms with Crippen molar-refractivity contribution in [3.8, 4) is 0 Å². The summed E-state index contributed by atoms with van der Waals surface area (Å²) in [6.45, 7) is 1.40. The van der Waals surface area contributed by atoms with E-state index in [1.165, 1.54) is 25.1 Å². The number of nitrogens with zero attached hydrogens (tertiary/aromatic N) is 1. The lowest BCUT2D eigenvalue weighted by Gasteiger charge is -2.25. The Morgan fingerprint density at radius 1 is 1.24 bits per heavy atom. The molecular formula is C16H17ClN2O5S. The fraction of sp³-hybridized carbons (Fsp3) is 0.250. The zero-order valence-corrected chi connectivity index (χ0v) is 15.1. The fourth-order valence-electron chi connectivity index (χ4n) is 2.41. The Morgan fingerprint density at radius 2 is 1.88 bits per heavy atom. The number of hydrogen-bond acceptors (Lipinski definition) is 6. The minimum atomic E-state index is -3.78. The van der Waals surface area contributed by atoms with Crippen LogP contribution in [-0.4, -0.2) is 31.2 Å². The van der Waals surface area contributed by atoms with Gasteiger partial charge >= 0.3 is 5.69 Å². The molecule has 2 rings (SSSR count). The van der Waals surface area contributed by atoms with E-state index in [9.17, 15) is 23.6 Å². The number of rotatable bonds is 6. The number of nitro benzene ring substituents is 1. The largest absolute Gasteiger partial charge is 0.384 e. The van der Waals surface area contributed by atoms with E-state index in [1.807, 2.05) is 0 Å². The lowest BCUT2D eigenvalue weighted by Crippen LogP contribution is -2.31. The molecule has 2 aromatic rings. The van der Waals surface area contributed by atoms with Crippen LogP contribution < -0.4 is 5.32 Å². The molecule has 0 aliphatic heterocycles. The summed E-state index contributed by atoms with van der Waals surface area (Å²) in [4.78, 5) is 10.2. The summed E-state index contributed by atoms with van der Waals surface area (Å²) in [6, 6.07) is 10.7. The third-order valence-corrected chi connectivity index (χ3v) is 5.12. The molecule has 134 valence electrons. The molecule has 0 heterocycles. The maximum absolute atomic E-state index is 11.8. The van der Waals surface area contributed by atoms with Gasteiger partial charge in [-0.2, -0.15) is 0 Å². The average Bonchev–Trinajstić information content (AvgIpc) is 2.52. The molecule has 1 unspecified atom stereocenters. The van der Waals surface area contributed by atoms with E-state index < -0.39 is 26.0 Å². The molecule has 0 saturated carbocycles. The monoisotopic (exact) mass is 384 g/mol. The number of nitro groups is 1. The molecule has 7 nitrogen and oxygen atoms in total. The van der Waals surface area contributed by atoms with Crippen LogP contribution in [0.3, 0.4) is 0 Å². The Balaban J connectivity index is 2.39. The maximum atomic E-state index is 11.8. The van der Waals surface area contributed by atoms with E-state index in [-0.39, 0.29) is 17.1 Å². The molecule has 1 atom stereocenters. The average molecular weight is 385 g/mol.